The Kier molecular flexibility index (Phi) is 3.46. The summed E-state index contributed by atoms with van der Waals surface area (Å²) in [7, 11) is -0.762. The number of hydrogen-bond acceptors (Lipinski definition) is 2. The highest BCUT2D eigenvalue weighted by Crippen LogP contribution is 2.40. The van der Waals surface area contributed by atoms with Crippen LogP contribution in [-0.2, 0) is 23.8 Å². The Morgan fingerprint density at radius 3 is 2.94 bits per heavy atom. The number of aliphatic hydroxyl groups is 1. The third kappa shape index (κ3) is 2.80. The highest BCUT2D eigenvalue weighted by molar-refractivity contribution is 7.84. The zero-order valence-electron chi connectivity index (χ0n) is 10.8. The van der Waals surface area contributed by atoms with Crippen molar-refractivity contribution in [3.05, 3.63) is 23.5 Å². The lowest BCUT2D eigenvalue weighted by Gasteiger charge is -2.33. The predicted molar refractivity (Wildman–Crippen MR) is 70.4 cm³/mol. The smallest absolute Gasteiger partial charge is 0.0812 e. The molecule has 2 atom stereocenters. The van der Waals surface area contributed by atoms with Crippen molar-refractivity contribution in [1.29, 1.82) is 0 Å². The first-order valence-corrected chi connectivity index (χ1v) is 7.78. The minimum atomic E-state index is -0.762. The van der Waals surface area contributed by atoms with E-state index in [1.165, 1.54) is 5.69 Å². The molecule has 1 aromatic heterocycles. The van der Waals surface area contributed by atoms with Gasteiger partial charge in [0.05, 0.1) is 6.10 Å². The van der Waals surface area contributed by atoms with Crippen LogP contribution in [0.25, 0.3) is 0 Å². The normalized spacial score (nSPS) is 24.4. The average molecular weight is 255 g/mol. The standard InChI is InChI=1S/C13H21NO2S/c1-13(2)8-11-10(12(15)9-13)4-5-14(11)6-7-17(3)16/h4-5,12,15H,6-9H2,1-3H3. The Labute approximate surface area is 105 Å². The maximum absolute atomic E-state index is 11.1. The molecule has 2 rings (SSSR count). The number of aliphatic hydroxyl groups excluding tert-OH is 1. The zero-order chi connectivity index (χ0) is 12.6. The van der Waals surface area contributed by atoms with E-state index in [9.17, 15) is 9.32 Å². The van der Waals surface area contributed by atoms with Crippen molar-refractivity contribution < 1.29 is 9.32 Å². The van der Waals surface area contributed by atoms with Gasteiger partial charge in [0, 0.05) is 46.8 Å². The van der Waals surface area contributed by atoms with Gasteiger partial charge in [0.2, 0.25) is 0 Å². The first kappa shape index (κ1) is 12.8. The first-order chi connectivity index (χ1) is 7.89. The number of rotatable bonds is 3. The molecule has 0 aliphatic heterocycles. The maximum atomic E-state index is 11.1. The van der Waals surface area contributed by atoms with Gasteiger partial charge in [0.25, 0.3) is 0 Å². The van der Waals surface area contributed by atoms with Gasteiger partial charge in [-0.1, -0.05) is 13.8 Å². The molecule has 0 saturated carbocycles. The lowest BCUT2D eigenvalue weighted by atomic mass is 9.75. The second-order valence-corrected chi connectivity index (χ2v) is 7.30. The zero-order valence-corrected chi connectivity index (χ0v) is 11.6. The molecular formula is C13H21NO2S. The molecule has 2 unspecified atom stereocenters. The molecule has 0 amide bonds. The molecule has 0 aromatic carbocycles. The van der Waals surface area contributed by atoms with Crippen molar-refractivity contribution in [2.45, 2.75) is 39.3 Å². The van der Waals surface area contributed by atoms with Crippen LogP contribution < -0.4 is 0 Å². The molecule has 1 aliphatic rings. The second kappa shape index (κ2) is 4.58. The fraction of sp³-hybridized carbons (Fsp3) is 0.692. The summed E-state index contributed by atoms with van der Waals surface area (Å²) in [5, 5.41) is 10.1. The van der Waals surface area contributed by atoms with Crippen LogP contribution in [-0.4, -0.2) is 25.9 Å². The summed E-state index contributed by atoms with van der Waals surface area (Å²) < 4.78 is 13.3. The number of hydrogen-bond donors (Lipinski definition) is 1. The van der Waals surface area contributed by atoms with Gasteiger partial charge in [-0.05, 0) is 24.3 Å². The molecule has 0 bridgehead atoms. The van der Waals surface area contributed by atoms with Crippen molar-refractivity contribution in [1.82, 2.24) is 4.57 Å². The second-order valence-electron chi connectivity index (χ2n) is 5.75. The van der Waals surface area contributed by atoms with Crippen molar-refractivity contribution in [3.8, 4) is 0 Å². The lowest BCUT2D eigenvalue weighted by molar-refractivity contribution is 0.0980. The van der Waals surface area contributed by atoms with Gasteiger partial charge in [-0.15, -0.1) is 0 Å². The fourth-order valence-corrected chi connectivity index (χ4v) is 3.08. The predicted octanol–water partition coefficient (Wildman–Crippen LogP) is 1.87. The Bertz CT molecular complexity index is 437. The summed E-state index contributed by atoms with van der Waals surface area (Å²) in [6, 6.07) is 2.01. The van der Waals surface area contributed by atoms with E-state index in [0.717, 1.165) is 24.9 Å². The molecule has 96 valence electrons. The number of aromatic nitrogens is 1. The molecule has 1 heterocycles. The van der Waals surface area contributed by atoms with Crippen molar-refractivity contribution in [3.63, 3.8) is 0 Å². The van der Waals surface area contributed by atoms with Crippen LogP contribution in [0.1, 0.15) is 37.6 Å². The third-order valence-corrected chi connectivity index (χ3v) is 4.24. The maximum Gasteiger partial charge on any atom is 0.0812 e. The van der Waals surface area contributed by atoms with Gasteiger partial charge < -0.3 is 9.67 Å². The number of nitrogens with zero attached hydrogens (tertiary/aromatic N) is 1. The quantitative estimate of drug-likeness (QED) is 0.896. The van der Waals surface area contributed by atoms with E-state index < -0.39 is 10.8 Å². The van der Waals surface area contributed by atoms with E-state index in [2.05, 4.69) is 18.4 Å². The summed E-state index contributed by atoms with van der Waals surface area (Å²) in [6.07, 6.45) is 5.21. The molecular weight excluding hydrogens is 234 g/mol. The van der Waals surface area contributed by atoms with Crippen LogP contribution >= 0.6 is 0 Å². The SMILES string of the molecule is CS(=O)CCn1ccc2c1CC(C)(C)CC2O. The first-order valence-electron chi connectivity index (χ1n) is 6.05. The van der Waals surface area contributed by atoms with Crippen LogP contribution in [0, 0.1) is 5.41 Å². The molecule has 1 aromatic rings. The molecule has 0 spiro atoms. The Balaban J connectivity index is 2.24. The van der Waals surface area contributed by atoms with Crippen LogP contribution in [0.15, 0.2) is 12.3 Å². The van der Waals surface area contributed by atoms with Gasteiger partial charge >= 0.3 is 0 Å². The topological polar surface area (TPSA) is 42.2 Å². The molecule has 0 radical (unpaired) electrons. The summed E-state index contributed by atoms with van der Waals surface area (Å²) in [5.41, 5.74) is 2.43. The van der Waals surface area contributed by atoms with Gasteiger partial charge in [0.15, 0.2) is 0 Å². The fourth-order valence-electron chi connectivity index (χ4n) is 2.62. The van der Waals surface area contributed by atoms with Crippen molar-refractivity contribution >= 4 is 10.8 Å². The molecule has 0 fully saturated rings. The average Bonchev–Trinajstić information content (AvgIpc) is 2.56. The Hall–Kier alpha value is -0.610. The summed E-state index contributed by atoms with van der Waals surface area (Å²) in [5.74, 6) is 0.678. The minimum Gasteiger partial charge on any atom is -0.388 e. The Morgan fingerprint density at radius 1 is 1.59 bits per heavy atom. The molecule has 1 aliphatic carbocycles. The molecule has 1 N–H and O–H groups in total. The van der Waals surface area contributed by atoms with E-state index in [4.69, 9.17) is 0 Å². The van der Waals surface area contributed by atoms with Gasteiger partial charge in [-0.3, -0.25) is 4.21 Å². The van der Waals surface area contributed by atoms with Crippen LogP contribution in [0.4, 0.5) is 0 Å². The van der Waals surface area contributed by atoms with E-state index >= 15 is 0 Å². The monoisotopic (exact) mass is 255 g/mol. The molecule has 4 heteroatoms. The van der Waals surface area contributed by atoms with E-state index in [1.807, 2.05) is 12.3 Å². The number of aryl methyl sites for hydroxylation is 1. The van der Waals surface area contributed by atoms with E-state index in [-0.39, 0.29) is 11.5 Å². The van der Waals surface area contributed by atoms with Gasteiger partial charge in [-0.2, -0.15) is 0 Å². The van der Waals surface area contributed by atoms with Crippen LogP contribution in [0.5, 0.6) is 0 Å². The highest BCUT2D eigenvalue weighted by atomic mass is 32.2. The lowest BCUT2D eigenvalue weighted by Crippen LogP contribution is -2.27. The van der Waals surface area contributed by atoms with E-state index in [0.29, 0.717) is 5.75 Å². The van der Waals surface area contributed by atoms with Crippen molar-refractivity contribution in [2.75, 3.05) is 12.0 Å². The molecule has 17 heavy (non-hydrogen) atoms. The summed E-state index contributed by atoms with van der Waals surface area (Å²) >= 11 is 0. The van der Waals surface area contributed by atoms with Crippen molar-refractivity contribution in [2.24, 2.45) is 5.41 Å². The van der Waals surface area contributed by atoms with Gasteiger partial charge in [0.1, 0.15) is 0 Å². The van der Waals surface area contributed by atoms with Crippen LogP contribution in [0.3, 0.4) is 0 Å². The molecule has 0 saturated heterocycles. The Morgan fingerprint density at radius 2 is 2.29 bits per heavy atom. The third-order valence-electron chi connectivity index (χ3n) is 3.48. The van der Waals surface area contributed by atoms with E-state index in [1.54, 1.807) is 6.26 Å². The number of fused-ring (bicyclic) bond motifs is 1. The summed E-state index contributed by atoms with van der Waals surface area (Å²) in [4.78, 5) is 0. The summed E-state index contributed by atoms with van der Waals surface area (Å²) in [6.45, 7) is 5.16. The minimum absolute atomic E-state index is 0.147. The van der Waals surface area contributed by atoms with Crippen LogP contribution in [0.2, 0.25) is 0 Å². The highest BCUT2D eigenvalue weighted by Gasteiger charge is 2.32. The molecule has 3 nitrogen and oxygen atoms in total. The largest absolute Gasteiger partial charge is 0.388 e. The van der Waals surface area contributed by atoms with Gasteiger partial charge in [-0.25, -0.2) is 0 Å².